The number of H-pyrrole nitrogens is 1. The third kappa shape index (κ3) is 5.34. The van der Waals surface area contributed by atoms with Gasteiger partial charge in [-0.05, 0) is 32.8 Å². The second-order valence-corrected chi connectivity index (χ2v) is 5.89. The van der Waals surface area contributed by atoms with E-state index < -0.39 is 23.9 Å². The Morgan fingerprint density at radius 2 is 1.84 bits per heavy atom. The van der Waals surface area contributed by atoms with Crippen molar-refractivity contribution < 1.29 is 23.9 Å². The Hall–Kier alpha value is -2.31. The van der Waals surface area contributed by atoms with Crippen LogP contribution in [0.3, 0.4) is 0 Å². The van der Waals surface area contributed by atoms with Crippen LogP contribution >= 0.6 is 0 Å². The van der Waals surface area contributed by atoms with Gasteiger partial charge in [-0.1, -0.05) is 26.2 Å². The molecule has 1 unspecified atom stereocenters. The predicted octanol–water partition coefficient (Wildman–Crippen LogP) is 2.66. The van der Waals surface area contributed by atoms with Crippen molar-refractivity contribution in [2.24, 2.45) is 0 Å². The molecular formula is C18H28N2O5. The Morgan fingerprint density at radius 3 is 2.40 bits per heavy atom. The number of esters is 2. The highest BCUT2D eigenvalue weighted by molar-refractivity contribution is 6.01. The number of carbonyl (C=O) groups excluding carboxylic acids is 3. The van der Waals surface area contributed by atoms with Gasteiger partial charge in [0, 0.05) is 5.69 Å². The highest BCUT2D eigenvalue weighted by Crippen LogP contribution is 2.19. The van der Waals surface area contributed by atoms with Crippen LogP contribution in [0, 0.1) is 13.8 Å². The number of aromatic amines is 1. The van der Waals surface area contributed by atoms with Gasteiger partial charge in [0.15, 0.2) is 0 Å². The van der Waals surface area contributed by atoms with Gasteiger partial charge in [-0.3, -0.25) is 4.79 Å². The molecule has 0 saturated carbocycles. The largest absolute Gasteiger partial charge is 0.467 e. The van der Waals surface area contributed by atoms with E-state index in [4.69, 9.17) is 9.47 Å². The van der Waals surface area contributed by atoms with Crippen LogP contribution in [-0.2, 0) is 14.3 Å². The zero-order valence-corrected chi connectivity index (χ0v) is 15.7. The van der Waals surface area contributed by atoms with E-state index in [0.29, 0.717) is 23.2 Å². The fourth-order valence-electron chi connectivity index (χ4n) is 2.71. The first-order valence-electron chi connectivity index (χ1n) is 8.62. The molecule has 1 rings (SSSR count). The van der Waals surface area contributed by atoms with Crippen molar-refractivity contribution in [2.45, 2.75) is 59.4 Å². The summed E-state index contributed by atoms with van der Waals surface area (Å²) in [7, 11) is 1.30. The van der Waals surface area contributed by atoms with E-state index in [9.17, 15) is 14.4 Å². The lowest BCUT2D eigenvalue weighted by Gasteiger charge is -2.16. The summed E-state index contributed by atoms with van der Waals surface area (Å²) in [5.41, 5.74) is 1.67. The third-order valence-corrected chi connectivity index (χ3v) is 4.03. The summed E-state index contributed by atoms with van der Waals surface area (Å²) < 4.78 is 9.79. The second-order valence-electron chi connectivity index (χ2n) is 5.89. The fourth-order valence-corrected chi connectivity index (χ4v) is 2.71. The average Bonchev–Trinajstić information content (AvgIpc) is 2.88. The molecular weight excluding hydrogens is 324 g/mol. The molecule has 0 fully saturated rings. The summed E-state index contributed by atoms with van der Waals surface area (Å²) in [5, 5.41) is 2.70. The minimum absolute atomic E-state index is 0.255. The van der Waals surface area contributed by atoms with Crippen molar-refractivity contribution in [1.29, 1.82) is 0 Å². The molecule has 1 aromatic heterocycles. The van der Waals surface area contributed by atoms with Crippen LogP contribution in [0.15, 0.2) is 0 Å². The van der Waals surface area contributed by atoms with E-state index in [2.05, 4.69) is 17.2 Å². The number of carbonyl (C=O) groups is 3. The Kier molecular flexibility index (Phi) is 8.18. The number of amides is 1. The molecule has 7 heteroatoms. The molecule has 0 bridgehead atoms. The SMILES string of the molecule is CCCCCC(NC(=O)c1[nH]c(C)c(C(=O)OCC)c1C)C(=O)OC. The Morgan fingerprint density at radius 1 is 1.16 bits per heavy atom. The van der Waals surface area contributed by atoms with Crippen molar-refractivity contribution in [2.75, 3.05) is 13.7 Å². The molecule has 0 aliphatic heterocycles. The molecule has 0 saturated heterocycles. The first-order chi connectivity index (χ1) is 11.9. The molecule has 1 atom stereocenters. The van der Waals surface area contributed by atoms with Crippen LogP contribution in [0.25, 0.3) is 0 Å². The molecule has 25 heavy (non-hydrogen) atoms. The van der Waals surface area contributed by atoms with Crippen LogP contribution in [0.2, 0.25) is 0 Å². The molecule has 2 N–H and O–H groups in total. The Labute approximate surface area is 148 Å². The molecule has 1 heterocycles. The molecule has 0 aliphatic rings. The molecule has 0 spiro atoms. The fraction of sp³-hybridized carbons (Fsp3) is 0.611. The van der Waals surface area contributed by atoms with Gasteiger partial charge in [-0.2, -0.15) is 0 Å². The van der Waals surface area contributed by atoms with Crippen LogP contribution in [0.5, 0.6) is 0 Å². The van der Waals surface area contributed by atoms with Crippen molar-refractivity contribution in [3.8, 4) is 0 Å². The van der Waals surface area contributed by atoms with E-state index in [0.717, 1.165) is 19.3 Å². The normalized spacial score (nSPS) is 11.7. The molecule has 0 aliphatic carbocycles. The molecule has 140 valence electrons. The monoisotopic (exact) mass is 352 g/mol. The topological polar surface area (TPSA) is 97.5 Å². The Bertz CT molecular complexity index is 621. The summed E-state index contributed by atoms with van der Waals surface area (Å²) in [6, 6.07) is -0.710. The molecule has 1 amide bonds. The van der Waals surface area contributed by atoms with E-state index in [1.807, 2.05) is 0 Å². The lowest BCUT2D eigenvalue weighted by molar-refractivity contribution is -0.143. The molecule has 0 aromatic carbocycles. The van der Waals surface area contributed by atoms with Gasteiger partial charge in [-0.25, -0.2) is 9.59 Å². The van der Waals surface area contributed by atoms with Gasteiger partial charge in [0.1, 0.15) is 11.7 Å². The third-order valence-electron chi connectivity index (χ3n) is 4.03. The maximum Gasteiger partial charge on any atom is 0.340 e. The standard InChI is InChI=1S/C18H28N2O5/c1-6-8-9-10-13(17(22)24-5)20-16(21)15-11(3)14(12(4)19-15)18(23)25-7-2/h13,19H,6-10H2,1-5H3,(H,20,21). The molecule has 0 radical (unpaired) electrons. The number of ether oxygens (including phenoxy) is 2. The van der Waals surface area contributed by atoms with E-state index >= 15 is 0 Å². The summed E-state index contributed by atoms with van der Waals surface area (Å²) >= 11 is 0. The summed E-state index contributed by atoms with van der Waals surface area (Å²) in [4.78, 5) is 39.4. The van der Waals surface area contributed by atoms with Crippen molar-refractivity contribution in [1.82, 2.24) is 10.3 Å². The van der Waals surface area contributed by atoms with Crippen LogP contribution in [-0.4, -0.2) is 42.6 Å². The number of nitrogens with one attached hydrogen (secondary N) is 2. The van der Waals surface area contributed by atoms with E-state index in [1.54, 1.807) is 20.8 Å². The van der Waals surface area contributed by atoms with Gasteiger partial charge >= 0.3 is 11.9 Å². The Balaban J connectivity index is 2.95. The zero-order valence-electron chi connectivity index (χ0n) is 15.7. The van der Waals surface area contributed by atoms with Crippen molar-refractivity contribution >= 4 is 17.8 Å². The summed E-state index contributed by atoms with van der Waals surface area (Å²) in [6.45, 7) is 7.42. The van der Waals surface area contributed by atoms with Gasteiger partial charge in [0.25, 0.3) is 5.91 Å². The second kappa shape index (κ2) is 9.86. The zero-order chi connectivity index (χ0) is 19.0. The number of aromatic nitrogens is 1. The van der Waals surface area contributed by atoms with Crippen LogP contribution in [0.1, 0.15) is 71.6 Å². The van der Waals surface area contributed by atoms with Crippen molar-refractivity contribution in [3.05, 3.63) is 22.5 Å². The molecule has 1 aromatic rings. The summed E-state index contributed by atoms with van der Waals surface area (Å²) in [6.07, 6.45) is 3.31. The number of hydrogen-bond acceptors (Lipinski definition) is 5. The number of hydrogen-bond donors (Lipinski definition) is 2. The first-order valence-corrected chi connectivity index (χ1v) is 8.62. The predicted molar refractivity (Wildman–Crippen MR) is 93.6 cm³/mol. The van der Waals surface area contributed by atoms with Crippen LogP contribution in [0.4, 0.5) is 0 Å². The number of rotatable bonds is 9. The van der Waals surface area contributed by atoms with E-state index in [1.165, 1.54) is 7.11 Å². The minimum Gasteiger partial charge on any atom is -0.467 e. The number of unbranched alkanes of at least 4 members (excludes halogenated alkanes) is 2. The van der Waals surface area contributed by atoms with Crippen LogP contribution < -0.4 is 5.32 Å². The highest BCUT2D eigenvalue weighted by atomic mass is 16.5. The highest BCUT2D eigenvalue weighted by Gasteiger charge is 2.26. The van der Waals surface area contributed by atoms with Gasteiger partial charge in [0.2, 0.25) is 0 Å². The smallest absolute Gasteiger partial charge is 0.340 e. The quantitative estimate of drug-likeness (QED) is 0.526. The lowest BCUT2D eigenvalue weighted by Crippen LogP contribution is -2.41. The van der Waals surface area contributed by atoms with Gasteiger partial charge in [0.05, 0.1) is 19.3 Å². The maximum absolute atomic E-state index is 12.6. The molecule has 7 nitrogen and oxygen atoms in total. The number of aryl methyl sites for hydroxylation is 1. The minimum atomic E-state index is -0.710. The lowest BCUT2D eigenvalue weighted by atomic mass is 10.1. The number of methoxy groups -OCH3 is 1. The van der Waals surface area contributed by atoms with Gasteiger partial charge < -0.3 is 19.8 Å². The first kappa shape index (κ1) is 20.7. The van der Waals surface area contributed by atoms with E-state index in [-0.39, 0.29) is 12.3 Å². The van der Waals surface area contributed by atoms with Crippen molar-refractivity contribution in [3.63, 3.8) is 0 Å². The maximum atomic E-state index is 12.6. The van der Waals surface area contributed by atoms with Gasteiger partial charge in [-0.15, -0.1) is 0 Å². The summed E-state index contributed by atoms with van der Waals surface area (Å²) in [5.74, 6) is -1.39. The average molecular weight is 352 g/mol.